The molecule has 0 unspecified atom stereocenters. The molecule has 0 atom stereocenters. The van der Waals surface area contributed by atoms with E-state index >= 15 is 0 Å². The summed E-state index contributed by atoms with van der Waals surface area (Å²) in [6, 6.07) is 7.82. The molecule has 5 aromatic rings. The summed E-state index contributed by atoms with van der Waals surface area (Å²) in [5, 5.41) is 183. The van der Waals surface area contributed by atoms with Crippen LogP contribution in [0.5, 0.6) is 86.2 Å². The maximum absolute atomic E-state index is 10.2. The predicted octanol–water partition coefficient (Wildman–Crippen LogP) is -4.55. The summed E-state index contributed by atoms with van der Waals surface area (Å²) in [5.74, 6) is -18.5. The van der Waals surface area contributed by atoms with Crippen molar-refractivity contribution in [1.82, 2.24) is 0 Å². The Balaban J connectivity index is 0. The summed E-state index contributed by atoms with van der Waals surface area (Å²) < 4.78 is 0. The molecule has 0 radical (unpaired) electrons. The molecule has 320 valence electrons. The number of rotatable bonds is 5. The van der Waals surface area contributed by atoms with E-state index in [9.17, 15) is 49.5 Å². The van der Waals surface area contributed by atoms with Crippen molar-refractivity contribution in [3.05, 3.63) is 88.5 Å². The van der Waals surface area contributed by atoms with E-state index in [2.05, 4.69) is 0 Å². The zero-order valence-electron chi connectivity index (χ0n) is 30.3. The molecule has 62 heavy (non-hydrogen) atoms. The number of phenols is 15. The van der Waals surface area contributed by atoms with Gasteiger partial charge < -0.3 is 126 Å². The Hall–Kier alpha value is -7.19. The number of hydrogen-bond acceptors (Lipinski definition) is 25. The molecule has 25 nitrogen and oxygen atoms in total. The largest absolute Gasteiger partial charge is 3.00 e. The van der Waals surface area contributed by atoms with Gasteiger partial charge in [0.2, 0.25) is 0 Å². The van der Waals surface area contributed by atoms with Crippen LogP contribution < -0.4 is 25.5 Å². The van der Waals surface area contributed by atoms with Crippen molar-refractivity contribution in [2.75, 3.05) is 0 Å². The van der Waals surface area contributed by atoms with E-state index in [1.165, 1.54) is 0 Å². The molecule has 27 heteroatoms. The van der Waals surface area contributed by atoms with Crippen LogP contribution in [0.25, 0.3) is 0 Å². The molecule has 0 aliphatic rings. The molecule has 0 aromatic heterocycles. The van der Waals surface area contributed by atoms with Gasteiger partial charge in [0.25, 0.3) is 0 Å². The smallest absolute Gasteiger partial charge is 0.545 e. The molecule has 0 aliphatic heterocycles. The second kappa shape index (κ2) is 24.8. The SMILES string of the molecule is O=C([O-])c1cc(O)c(O)c(O)c1.O=C([O-])c1cc(O)c(O)c(O)c1.O=C([O-])c1cc(O)c(O)c(O)c1.O=C([O-])c1cc(O)c(O)c(O)c1.O=C([O-])c1cc(O)c(O)c(O)c1.[Ca+2].[Y+3]. The fraction of sp³-hybridized carbons (Fsp3) is 0. The fourth-order valence-corrected chi connectivity index (χ4v) is 3.61. The molecule has 15 N–H and O–H groups in total. The molecule has 0 amide bonds. The predicted molar refractivity (Wildman–Crippen MR) is 185 cm³/mol. The fourth-order valence-electron chi connectivity index (χ4n) is 3.61. The standard InChI is InChI=1S/5C7H6O5.Ca.Y/c5*8-4-1-3(7(11)12)2-5(9)6(4)10;;/h5*1-2,8-10H,(H,11,12);;/q;;;;;+2;+3/p-5. The summed E-state index contributed by atoms with van der Waals surface area (Å²) in [7, 11) is 0. The molecular formula is C35H25CaO25Y. The summed E-state index contributed by atoms with van der Waals surface area (Å²) in [4.78, 5) is 51.0. The maximum Gasteiger partial charge on any atom is 3.00 e. The van der Waals surface area contributed by atoms with Gasteiger partial charge in [-0.3, -0.25) is 0 Å². The second-order valence-corrected chi connectivity index (χ2v) is 10.8. The summed E-state index contributed by atoms with van der Waals surface area (Å²) in [6.07, 6.45) is 0. The molecule has 0 spiro atoms. The van der Waals surface area contributed by atoms with Crippen molar-refractivity contribution >= 4 is 67.6 Å². The van der Waals surface area contributed by atoms with Crippen LogP contribution in [0.15, 0.2) is 60.7 Å². The van der Waals surface area contributed by atoms with Crippen LogP contribution in [-0.2, 0) is 32.7 Å². The molecule has 0 fully saturated rings. The first-order valence-electron chi connectivity index (χ1n) is 14.9. The first-order valence-corrected chi connectivity index (χ1v) is 14.9. The number of aromatic carboxylic acids is 5. The van der Waals surface area contributed by atoms with Crippen LogP contribution in [0.4, 0.5) is 0 Å². The topological polar surface area (TPSA) is 504 Å². The Kier molecular flexibility index (Phi) is 22.8. The van der Waals surface area contributed by atoms with Gasteiger partial charge in [-0.15, -0.1) is 0 Å². The molecule has 0 bridgehead atoms. The van der Waals surface area contributed by atoms with E-state index in [4.69, 9.17) is 76.6 Å². The van der Waals surface area contributed by atoms with Crippen molar-refractivity contribution in [2.45, 2.75) is 0 Å². The van der Waals surface area contributed by atoms with Crippen molar-refractivity contribution in [3.63, 3.8) is 0 Å². The van der Waals surface area contributed by atoms with E-state index in [-0.39, 0.29) is 70.4 Å². The van der Waals surface area contributed by atoms with Gasteiger partial charge in [-0.05, 0) is 60.7 Å². The molecule has 0 aliphatic carbocycles. The van der Waals surface area contributed by atoms with E-state index in [1.807, 2.05) is 0 Å². The third kappa shape index (κ3) is 16.5. The number of carbonyl (C=O) groups excluding carboxylic acids is 5. The second-order valence-electron chi connectivity index (χ2n) is 10.8. The van der Waals surface area contributed by atoms with Crippen molar-refractivity contribution in [3.8, 4) is 86.2 Å². The number of carboxylic acids is 5. The van der Waals surface area contributed by atoms with Crippen LogP contribution in [0.1, 0.15) is 51.8 Å². The van der Waals surface area contributed by atoms with E-state index in [1.54, 1.807) is 0 Å². The number of benzene rings is 5. The number of hydrogen-bond donors (Lipinski definition) is 15. The molecule has 0 heterocycles. The molecule has 5 aromatic carbocycles. The summed E-state index contributed by atoms with van der Waals surface area (Å²) in [6.45, 7) is 0. The number of aromatic hydroxyl groups is 15. The van der Waals surface area contributed by atoms with Gasteiger partial charge >= 0.3 is 70.4 Å². The van der Waals surface area contributed by atoms with Gasteiger partial charge in [-0.1, -0.05) is 0 Å². The quantitative estimate of drug-likeness (QED) is 0.0582. The van der Waals surface area contributed by atoms with Crippen molar-refractivity contribution in [1.29, 1.82) is 0 Å². The number of carboxylic acid groups (broad SMARTS) is 5. The van der Waals surface area contributed by atoms with Gasteiger partial charge in [-0.25, -0.2) is 0 Å². The van der Waals surface area contributed by atoms with E-state index < -0.39 is 144 Å². The van der Waals surface area contributed by atoms with Gasteiger partial charge in [0.1, 0.15) is 0 Å². The minimum atomic E-state index is -1.54. The van der Waals surface area contributed by atoms with Crippen LogP contribution >= 0.6 is 0 Å². The van der Waals surface area contributed by atoms with Gasteiger partial charge in [0, 0.05) is 27.8 Å². The first-order chi connectivity index (χ1) is 27.6. The van der Waals surface area contributed by atoms with Crippen molar-refractivity contribution in [2.24, 2.45) is 0 Å². The van der Waals surface area contributed by atoms with E-state index in [0.717, 1.165) is 60.7 Å². The molecule has 0 saturated carbocycles. The molecule has 0 saturated heterocycles. The Morgan fingerprint density at radius 3 is 0.403 bits per heavy atom. The zero-order valence-corrected chi connectivity index (χ0v) is 35.4. The van der Waals surface area contributed by atoms with Gasteiger partial charge in [-0.2, -0.15) is 0 Å². The molecule has 5 rings (SSSR count). The van der Waals surface area contributed by atoms with Crippen LogP contribution in [0, 0.1) is 0 Å². The minimum Gasteiger partial charge on any atom is -0.545 e. The third-order valence-electron chi connectivity index (χ3n) is 6.53. The first kappa shape index (κ1) is 56.9. The Morgan fingerprint density at radius 1 is 0.258 bits per heavy atom. The summed E-state index contributed by atoms with van der Waals surface area (Å²) in [5.41, 5.74) is -2.00. The normalized spacial score (nSPS) is 9.35. The van der Waals surface area contributed by atoms with Crippen LogP contribution in [-0.4, -0.2) is 144 Å². The van der Waals surface area contributed by atoms with Gasteiger partial charge in [0.15, 0.2) is 86.2 Å². The maximum atomic E-state index is 10.2. The minimum absolute atomic E-state index is 0. The Morgan fingerprint density at radius 2 is 0.339 bits per heavy atom. The average molecular weight is 975 g/mol. The Bertz CT molecular complexity index is 1940. The number of phenolic OH excluding ortho intramolecular Hbond substituents is 15. The Labute approximate surface area is 398 Å². The van der Waals surface area contributed by atoms with Crippen LogP contribution in [0.3, 0.4) is 0 Å². The van der Waals surface area contributed by atoms with E-state index in [0.29, 0.717) is 0 Å². The average Bonchev–Trinajstić information content (AvgIpc) is 3.15. The summed E-state index contributed by atoms with van der Waals surface area (Å²) >= 11 is 0. The zero-order chi connectivity index (χ0) is 46.5. The van der Waals surface area contributed by atoms with Gasteiger partial charge in [0.05, 0.1) is 29.8 Å². The monoisotopic (exact) mass is 974 g/mol. The third-order valence-corrected chi connectivity index (χ3v) is 6.53. The molecular weight excluding hydrogens is 949 g/mol. The van der Waals surface area contributed by atoms with Crippen molar-refractivity contribution < 1.29 is 159 Å². The number of carbonyl (C=O) groups is 5. The van der Waals surface area contributed by atoms with Crippen LogP contribution in [0.2, 0.25) is 0 Å².